The molecule has 108 valence electrons. The molecule has 4 nitrogen and oxygen atoms in total. The van der Waals surface area contributed by atoms with Crippen LogP contribution >= 0.6 is 12.4 Å². The van der Waals surface area contributed by atoms with E-state index in [1.807, 2.05) is 18.3 Å². The van der Waals surface area contributed by atoms with Crippen LogP contribution in [0.25, 0.3) is 10.9 Å². The van der Waals surface area contributed by atoms with E-state index in [0.717, 1.165) is 35.4 Å². The Hall–Kier alpha value is -1.52. The molecule has 2 aromatic rings. The highest BCUT2D eigenvalue weighted by Crippen LogP contribution is 2.27. The summed E-state index contributed by atoms with van der Waals surface area (Å²) in [6.45, 7) is 2.15. The number of anilines is 1. The van der Waals surface area contributed by atoms with Crippen LogP contribution in [0.15, 0.2) is 30.5 Å². The second-order valence-corrected chi connectivity index (χ2v) is 4.98. The number of ether oxygens (including phenoxy) is 1. The second-order valence-electron chi connectivity index (χ2n) is 4.98. The van der Waals surface area contributed by atoms with Gasteiger partial charge in [-0.05, 0) is 25.1 Å². The minimum atomic E-state index is 0. The first kappa shape index (κ1) is 14.9. The Kier molecular flexibility index (Phi) is 4.68. The Balaban J connectivity index is 0.00000147. The number of benzene rings is 1. The number of nitrogens with one attached hydrogen (secondary N) is 1. The Morgan fingerprint density at radius 3 is 2.95 bits per heavy atom. The van der Waals surface area contributed by atoms with Crippen LogP contribution in [0.4, 0.5) is 5.69 Å². The summed E-state index contributed by atoms with van der Waals surface area (Å²) < 4.78 is 5.34. The van der Waals surface area contributed by atoms with E-state index in [1.165, 1.54) is 6.42 Å². The Morgan fingerprint density at radius 2 is 2.25 bits per heavy atom. The predicted octanol–water partition coefficient (Wildman–Crippen LogP) is 2.46. The molecule has 1 saturated heterocycles. The van der Waals surface area contributed by atoms with Crippen molar-refractivity contribution in [2.75, 3.05) is 32.1 Å². The molecule has 1 aromatic carbocycles. The molecule has 0 saturated carbocycles. The van der Waals surface area contributed by atoms with Crippen molar-refractivity contribution in [2.24, 2.45) is 0 Å². The first-order valence-electron chi connectivity index (χ1n) is 6.66. The molecule has 1 atom stereocenters. The van der Waals surface area contributed by atoms with Gasteiger partial charge in [0.1, 0.15) is 11.3 Å². The number of hydrogen-bond acceptors (Lipinski definition) is 4. The van der Waals surface area contributed by atoms with Gasteiger partial charge in [-0.25, -0.2) is 0 Å². The van der Waals surface area contributed by atoms with E-state index in [0.29, 0.717) is 6.04 Å². The third-order valence-electron chi connectivity index (χ3n) is 3.87. The number of para-hydroxylation sites is 1. The first-order chi connectivity index (χ1) is 9.29. The maximum absolute atomic E-state index is 5.34. The van der Waals surface area contributed by atoms with Gasteiger partial charge >= 0.3 is 0 Å². The normalized spacial score (nSPS) is 17.8. The minimum Gasteiger partial charge on any atom is -0.494 e. The lowest BCUT2D eigenvalue weighted by molar-refractivity contribution is 0.419. The van der Waals surface area contributed by atoms with Crippen LogP contribution in [-0.4, -0.2) is 38.3 Å². The van der Waals surface area contributed by atoms with Crippen LogP contribution in [0.5, 0.6) is 5.75 Å². The van der Waals surface area contributed by atoms with E-state index in [2.05, 4.69) is 34.4 Å². The molecule has 1 aliphatic heterocycles. The SMILES string of the molecule is COc1cccc2cc(N(C)[C@H]3CCNC3)cnc12.Cl. The number of nitrogens with zero attached hydrogens (tertiary/aromatic N) is 2. The summed E-state index contributed by atoms with van der Waals surface area (Å²) in [6, 6.07) is 8.77. The van der Waals surface area contributed by atoms with Gasteiger partial charge in [0, 0.05) is 25.0 Å². The van der Waals surface area contributed by atoms with Crippen LogP contribution < -0.4 is 15.0 Å². The summed E-state index contributed by atoms with van der Waals surface area (Å²) in [7, 11) is 3.82. The molecule has 0 unspecified atom stereocenters. The largest absolute Gasteiger partial charge is 0.494 e. The molecular formula is C15H20ClN3O. The van der Waals surface area contributed by atoms with E-state index in [9.17, 15) is 0 Å². The van der Waals surface area contributed by atoms with Gasteiger partial charge in [-0.2, -0.15) is 0 Å². The highest BCUT2D eigenvalue weighted by Gasteiger charge is 2.19. The van der Waals surface area contributed by atoms with Crippen molar-refractivity contribution < 1.29 is 4.74 Å². The fourth-order valence-corrected chi connectivity index (χ4v) is 2.66. The number of rotatable bonds is 3. The third-order valence-corrected chi connectivity index (χ3v) is 3.87. The summed E-state index contributed by atoms with van der Waals surface area (Å²) in [5.74, 6) is 0.828. The fraction of sp³-hybridized carbons (Fsp3) is 0.400. The van der Waals surface area contributed by atoms with Gasteiger partial charge in [0.2, 0.25) is 0 Å². The van der Waals surface area contributed by atoms with Gasteiger partial charge in [-0.15, -0.1) is 12.4 Å². The lowest BCUT2D eigenvalue weighted by Crippen LogP contribution is -2.33. The maximum atomic E-state index is 5.34. The Bertz CT molecular complexity index is 584. The number of pyridine rings is 1. The highest BCUT2D eigenvalue weighted by atomic mass is 35.5. The van der Waals surface area contributed by atoms with Crippen molar-refractivity contribution in [1.82, 2.24) is 10.3 Å². The molecule has 20 heavy (non-hydrogen) atoms. The zero-order valence-electron chi connectivity index (χ0n) is 11.8. The molecule has 1 N–H and O–H groups in total. The molecular weight excluding hydrogens is 274 g/mol. The third kappa shape index (κ3) is 2.67. The molecule has 0 bridgehead atoms. The summed E-state index contributed by atoms with van der Waals surface area (Å²) in [6.07, 6.45) is 3.12. The van der Waals surface area contributed by atoms with Gasteiger partial charge in [0.05, 0.1) is 19.0 Å². The van der Waals surface area contributed by atoms with Gasteiger partial charge < -0.3 is 15.0 Å². The number of aromatic nitrogens is 1. The molecule has 0 amide bonds. The van der Waals surface area contributed by atoms with Crippen LogP contribution in [0.2, 0.25) is 0 Å². The number of likely N-dealkylation sites (N-methyl/N-ethyl adjacent to an activating group) is 1. The maximum Gasteiger partial charge on any atom is 0.145 e. The van der Waals surface area contributed by atoms with Crippen molar-refractivity contribution in [3.05, 3.63) is 30.5 Å². The standard InChI is InChI=1S/C15H19N3O.ClH/c1-18(12-6-7-16-9-12)13-8-11-4-3-5-14(19-2)15(11)17-10-13;/h3-5,8,10,12,16H,6-7,9H2,1-2H3;1H/t12-;/m0./s1. The minimum absolute atomic E-state index is 0. The van der Waals surface area contributed by atoms with E-state index < -0.39 is 0 Å². The molecule has 2 heterocycles. The van der Waals surface area contributed by atoms with Crippen molar-refractivity contribution in [3.8, 4) is 5.75 Å². The zero-order valence-corrected chi connectivity index (χ0v) is 12.6. The van der Waals surface area contributed by atoms with E-state index in [1.54, 1.807) is 7.11 Å². The number of hydrogen-bond donors (Lipinski definition) is 1. The van der Waals surface area contributed by atoms with Crippen LogP contribution in [0, 0.1) is 0 Å². The smallest absolute Gasteiger partial charge is 0.145 e. The fourth-order valence-electron chi connectivity index (χ4n) is 2.66. The zero-order chi connectivity index (χ0) is 13.2. The van der Waals surface area contributed by atoms with Crippen LogP contribution in [-0.2, 0) is 0 Å². The second kappa shape index (κ2) is 6.29. The Morgan fingerprint density at radius 1 is 1.40 bits per heavy atom. The summed E-state index contributed by atoms with van der Waals surface area (Å²) in [5, 5.41) is 4.52. The lowest BCUT2D eigenvalue weighted by atomic mass is 10.1. The van der Waals surface area contributed by atoms with Crippen molar-refractivity contribution in [3.63, 3.8) is 0 Å². The van der Waals surface area contributed by atoms with Crippen LogP contribution in [0.1, 0.15) is 6.42 Å². The molecule has 0 radical (unpaired) electrons. The van der Waals surface area contributed by atoms with Gasteiger partial charge in [0.25, 0.3) is 0 Å². The molecule has 5 heteroatoms. The van der Waals surface area contributed by atoms with E-state index >= 15 is 0 Å². The van der Waals surface area contributed by atoms with E-state index in [-0.39, 0.29) is 12.4 Å². The lowest BCUT2D eigenvalue weighted by Gasteiger charge is -2.25. The van der Waals surface area contributed by atoms with Crippen molar-refractivity contribution >= 4 is 29.0 Å². The summed E-state index contributed by atoms with van der Waals surface area (Å²) >= 11 is 0. The summed E-state index contributed by atoms with van der Waals surface area (Å²) in [5.41, 5.74) is 2.08. The Labute approximate surface area is 125 Å². The topological polar surface area (TPSA) is 37.4 Å². The molecule has 3 rings (SSSR count). The number of halogens is 1. The van der Waals surface area contributed by atoms with Gasteiger partial charge in [-0.1, -0.05) is 12.1 Å². The summed E-state index contributed by atoms with van der Waals surface area (Å²) in [4.78, 5) is 6.87. The molecule has 1 aliphatic rings. The first-order valence-corrected chi connectivity index (χ1v) is 6.66. The quantitative estimate of drug-likeness (QED) is 0.943. The predicted molar refractivity (Wildman–Crippen MR) is 85.2 cm³/mol. The van der Waals surface area contributed by atoms with Crippen molar-refractivity contribution in [1.29, 1.82) is 0 Å². The van der Waals surface area contributed by atoms with E-state index in [4.69, 9.17) is 4.74 Å². The molecule has 1 aromatic heterocycles. The molecule has 0 spiro atoms. The van der Waals surface area contributed by atoms with Gasteiger partial charge in [0.15, 0.2) is 0 Å². The average molecular weight is 294 g/mol. The van der Waals surface area contributed by atoms with Gasteiger partial charge in [-0.3, -0.25) is 4.98 Å². The molecule has 0 aliphatic carbocycles. The number of methoxy groups -OCH3 is 1. The van der Waals surface area contributed by atoms with Crippen LogP contribution in [0.3, 0.4) is 0 Å². The van der Waals surface area contributed by atoms with Crippen molar-refractivity contribution in [2.45, 2.75) is 12.5 Å². The average Bonchev–Trinajstić information content (AvgIpc) is 2.99. The monoisotopic (exact) mass is 293 g/mol. The molecule has 1 fully saturated rings. The number of fused-ring (bicyclic) bond motifs is 1. The highest BCUT2D eigenvalue weighted by molar-refractivity contribution is 5.87.